The average Bonchev–Trinajstić information content (AvgIpc) is 2.18. The van der Waals surface area contributed by atoms with Gasteiger partial charge in [0, 0.05) is 12.1 Å². The van der Waals surface area contributed by atoms with Gasteiger partial charge >= 0.3 is 0 Å². The minimum absolute atomic E-state index is 0.469. The first-order chi connectivity index (χ1) is 7.09. The first-order valence-corrected chi connectivity index (χ1v) is 6.20. The highest BCUT2D eigenvalue weighted by atomic mass is 15.1. The van der Waals surface area contributed by atoms with Crippen molar-refractivity contribution in [2.24, 2.45) is 5.73 Å². The standard InChI is InChI=1S/C12H27N3/c1-14(2)9-4-10-15(3)12-7-5-11(13)6-8-12/h11-12H,4-10,13H2,1-3H3. The van der Waals surface area contributed by atoms with Crippen LogP contribution in [-0.2, 0) is 0 Å². The molecule has 0 aromatic carbocycles. The Bertz CT molecular complexity index is 162. The van der Waals surface area contributed by atoms with E-state index >= 15 is 0 Å². The van der Waals surface area contributed by atoms with Gasteiger partial charge in [-0.2, -0.15) is 0 Å². The van der Waals surface area contributed by atoms with Gasteiger partial charge in [-0.1, -0.05) is 0 Å². The zero-order chi connectivity index (χ0) is 11.3. The normalized spacial score (nSPS) is 27.6. The van der Waals surface area contributed by atoms with Gasteiger partial charge in [-0.05, 0) is 66.3 Å². The molecule has 1 rings (SSSR count). The highest BCUT2D eigenvalue weighted by Gasteiger charge is 2.21. The molecule has 0 aromatic rings. The van der Waals surface area contributed by atoms with E-state index in [0.717, 1.165) is 6.04 Å². The van der Waals surface area contributed by atoms with E-state index in [1.165, 1.54) is 45.2 Å². The Kier molecular flexibility index (Phi) is 5.58. The van der Waals surface area contributed by atoms with E-state index in [1.807, 2.05) is 0 Å². The second-order valence-corrected chi connectivity index (χ2v) is 5.21. The molecule has 0 unspecified atom stereocenters. The summed E-state index contributed by atoms with van der Waals surface area (Å²) in [4.78, 5) is 4.78. The van der Waals surface area contributed by atoms with Crippen LogP contribution in [0.2, 0.25) is 0 Å². The summed E-state index contributed by atoms with van der Waals surface area (Å²) in [6.07, 6.45) is 6.27. The molecule has 1 fully saturated rings. The van der Waals surface area contributed by atoms with Gasteiger partial charge in [0.05, 0.1) is 0 Å². The lowest BCUT2D eigenvalue weighted by Gasteiger charge is -2.33. The molecule has 0 aromatic heterocycles. The number of hydrogen-bond acceptors (Lipinski definition) is 3. The highest BCUT2D eigenvalue weighted by Crippen LogP contribution is 2.21. The van der Waals surface area contributed by atoms with Crippen LogP contribution in [0, 0.1) is 0 Å². The second kappa shape index (κ2) is 6.46. The third-order valence-electron chi connectivity index (χ3n) is 3.48. The fourth-order valence-electron chi connectivity index (χ4n) is 2.36. The molecule has 0 radical (unpaired) electrons. The van der Waals surface area contributed by atoms with Crippen molar-refractivity contribution < 1.29 is 0 Å². The Balaban J connectivity index is 2.13. The van der Waals surface area contributed by atoms with Crippen LogP contribution in [-0.4, -0.2) is 56.1 Å². The number of hydrogen-bond donors (Lipinski definition) is 1. The molecule has 2 N–H and O–H groups in total. The summed E-state index contributed by atoms with van der Waals surface area (Å²) >= 11 is 0. The van der Waals surface area contributed by atoms with Gasteiger partial charge in [0.1, 0.15) is 0 Å². The van der Waals surface area contributed by atoms with E-state index in [4.69, 9.17) is 5.73 Å². The molecule has 15 heavy (non-hydrogen) atoms. The van der Waals surface area contributed by atoms with Crippen molar-refractivity contribution in [3.63, 3.8) is 0 Å². The van der Waals surface area contributed by atoms with E-state index in [2.05, 4.69) is 30.9 Å². The Labute approximate surface area is 94.6 Å². The van der Waals surface area contributed by atoms with E-state index in [0.29, 0.717) is 6.04 Å². The van der Waals surface area contributed by atoms with Crippen molar-refractivity contribution in [3.05, 3.63) is 0 Å². The maximum absolute atomic E-state index is 5.91. The zero-order valence-corrected chi connectivity index (χ0v) is 10.6. The largest absolute Gasteiger partial charge is 0.328 e. The zero-order valence-electron chi connectivity index (χ0n) is 10.6. The SMILES string of the molecule is CN(C)CCCN(C)C1CCC(N)CC1. The summed E-state index contributed by atoms with van der Waals surface area (Å²) in [6, 6.07) is 1.25. The average molecular weight is 213 g/mol. The topological polar surface area (TPSA) is 32.5 Å². The van der Waals surface area contributed by atoms with Crippen molar-refractivity contribution in [1.29, 1.82) is 0 Å². The van der Waals surface area contributed by atoms with Crippen LogP contribution in [0.15, 0.2) is 0 Å². The van der Waals surface area contributed by atoms with Gasteiger partial charge in [-0.3, -0.25) is 0 Å². The van der Waals surface area contributed by atoms with Crippen LogP contribution in [0.1, 0.15) is 32.1 Å². The molecule has 0 atom stereocenters. The van der Waals surface area contributed by atoms with E-state index in [1.54, 1.807) is 0 Å². The third kappa shape index (κ3) is 4.96. The van der Waals surface area contributed by atoms with E-state index in [-0.39, 0.29) is 0 Å². The Morgan fingerprint density at radius 2 is 1.60 bits per heavy atom. The Morgan fingerprint density at radius 3 is 2.13 bits per heavy atom. The maximum atomic E-state index is 5.91. The number of nitrogens with zero attached hydrogens (tertiary/aromatic N) is 2. The molecule has 3 heteroatoms. The van der Waals surface area contributed by atoms with Crippen LogP contribution in [0.25, 0.3) is 0 Å². The van der Waals surface area contributed by atoms with Crippen molar-refractivity contribution in [2.75, 3.05) is 34.2 Å². The molecule has 0 aliphatic heterocycles. The van der Waals surface area contributed by atoms with Crippen LogP contribution < -0.4 is 5.73 Å². The summed E-state index contributed by atoms with van der Waals surface area (Å²) in [5.41, 5.74) is 5.91. The van der Waals surface area contributed by atoms with Gasteiger partial charge in [0.15, 0.2) is 0 Å². The van der Waals surface area contributed by atoms with Gasteiger partial charge in [0.2, 0.25) is 0 Å². The monoisotopic (exact) mass is 213 g/mol. The smallest absolute Gasteiger partial charge is 0.00933 e. The fraction of sp³-hybridized carbons (Fsp3) is 1.00. The fourth-order valence-corrected chi connectivity index (χ4v) is 2.36. The maximum Gasteiger partial charge on any atom is 0.00933 e. The molecule has 1 saturated carbocycles. The molecular formula is C12H27N3. The highest BCUT2D eigenvalue weighted by molar-refractivity contribution is 4.79. The quantitative estimate of drug-likeness (QED) is 0.743. The molecule has 0 amide bonds. The van der Waals surface area contributed by atoms with Gasteiger partial charge in [-0.25, -0.2) is 0 Å². The van der Waals surface area contributed by atoms with Crippen LogP contribution in [0.5, 0.6) is 0 Å². The van der Waals surface area contributed by atoms with Gasteiger partial charge in [0.25, 0.3) is 0 Å². The molecule has 0 saturated heterocycles. The molecule has 3 nitrogen and oxygen atoms in total. The summed E-state index contributed by atoms with van der Waals surface area (Å²) in [6.45, 7) is 2.41. The Morgan fingerprint density at radius 1 is 1.00 bits per heavy atom. The second-order valence-electron chi connectivity index (χ2n) is 5.21. The lowest BCUT2D eigenvalue weighted by molar-refractivity contribution is 0.176. The molecule has 0 heterocycles. The number of rotatable bonds is 5. The Hall–Kier alpha value is -0.120. The molecular weight excluding hydrogens is 186 g/mol. The molecule has 0 spiro atoms. The van der Waals surface area contributed by atoms with E-state index < -0.39 is 0 Å². The lowest BCUT2D eigenvalue weighted by Crippen LogP contribution is -2.39. The van der Waals surface area contributed by atoms with Crippen molar-refractivity contribution >= 4 is 0 Å². The molecule has 0 bridgehead atoms. The van der Waals surface area contributed by atoms with Gasteiger partial charge in [-0.15, -0.1) is 0 Å². The first-order valence-electron chi connectivity index (χ1n) is 6.20. The van der Waals surface area contributed by atoms with Crippen molar-refractivity contribution in [1.82, 2.24) is 9.80 Å². The minimum atomic E-state index is 0.469. The van der Waals surface area contributed by atoms with E-state index in [9.17, 15) is 0 Å². The summed E-state index contributed by atoms with van der Waals surface area (Å²) in [5, 5.41) is 0. The predicted molar refractivity (Wildman–Crippen MR) is 66.0 cm³/mol. The first kappa shape index (κ1) is 12.9. The summed E-state index contributed by atoms with van der Waals surface area (Å²) in [5.74, 6) is 0. The predicted octanol–water partition coefficient (Wildman–Crippen LogP) is 1.14. The van der Waals surface area contributed by atoms with Crippen molar-refractivity contribution in [2.45, 2.75) is 44.2 Å². The van der Waals surface area contributed by atoms with Crippen LogP contribution >= 0.6 is 0 Å². The molecule has 90 valence electrons. The summed E-state index contributed by atoms with van der Waals surface area (Å²) < 4.78 is 0. The van der Waals surface area contributed by atoms with Crippen LogP contribution in [0.3, 0.4) is 0 Å². The molecule has 1 aliphatic rings. The summed E-state index contributed by atoms with van der Waals surface area (Å²) in [7, 11) is 6.54. The number of nitrogens with two attached hydrogens (primary N) is 1. The van der Waals surface area contributed by atoms with Crippen LogP contribution in [0.4, 0.5) is 0 Å². The minimum Gasteiger partial charge on any atom is -0.328 e. The van der Waals surface area contributed by atoms with Crippen molar-refractivity contribution in [3.8, 4) is 0 Å². The lowest BCUT2D eigenvalue weighted by atomic mass is 9.91. The van der Waals surface area contributed by atoms with Gasteiger partial charge < -0.3 is 15.5 Å². The third-order valence-corrected chi connectivity index (χ3v) is 3.48. The molecule has 1 aliphatic carbocycles.